The molecule has 2 rings (SSSR count). The van der Waals surface area contributed by atoms with Gasteiger partial charge in [-0.25, -0.2) is 0 Å². The lowest BCUT2D eigenvalue weighted by Gasteiger charge is -2.13. The minimum Gasteiger partial charge on any atom is -0.504 e. The maximum Gasteiger partial charge on any atom is 0.176 e. The molecule has 0 saturated heterocycles. The highest BCUT2D eigenvalue weighted by molar-refractivity contribution is 5.83. The quantitative estimate of drug-likeness (QED) is 0.774. The molecule has 0 fully saturated rings. The van der Waals surface area contributed by atoms with Crippen LogP contribution >= 0.6 is 0 Å². The molecule has 2 aromatic rings. The van der Waals surface area contributed by atoms with Crippen LogP contribution in [0.15, 0.2) is 24.3 Å². The molecule has 0 heterocycles. The van der Waals surface area contributed by atoms with Crippen molar-refractivity contribution in [3.05, 3.63) is 46.5 Å². The lowest BCUT2D eigenvalue weighted by molar-refractivity contribution is 0.402. The van der Waals surface area contributed by atoms with Crippen LogP contribution in [-0.2, 0) is 0 Å². The smallest absolute Gasteiger partial charge is 0.176 e. The Balaban J connectivity index is 2.94. The van der Waals surface area contributed by atoms with E-state index in [-0.39, 0.29) is 11.1 Å². The molecule has 0 atom stereocenters. The number of phenolic OH excluding ortho intramolecular Hbond substituents is 2. The molecule has 0 aliphatic rings. The normalized spacial score (nSPS) is 9.80. The Bertz CT molecular complexity index is 781. The van der Waals surface area contributed by atoms with Crippen molar-refractivity contribution < 1.29 is 10.2 Å². The number of benzene rings is 2. The van der Waals surface area contributed by atoms with Crippen molar-refractivity contribution in [2.75, 3.05) is 0 Å². The molecule has 0 aliphatic heterocycles. The Morgan fingerprint density at radius 1 is 1.00 bits per heavy atom. The van der Waals surface area contributed by atoms with Crippen molar-refractivity contribution in [2.45, 2.75) is 13.8 Å². The van der Waals surface area contributed by atoms with E-state index in [0.29, 0.717) is 11.1 Å². The molecule has 4 nitrogen and oxygen atoms in total. The summed E-state index contributed by atoms with van der Waals surface area (Å²) in [7, 11) is 0. The maximum atomic E-state index is 9.84. The van der Waals surface area contributed by atoms with Gasteiger partial charge in [-0.15, -0.1) is 0 Å². The van der Waals surface area contributed by atoms with Gasteiger partial charge in [-0.3, -0.25) is 0 Å². The van der Waals surface area contributed by atoms with Crippen molar-refractivity contribution in [1.82, 2.24) is 0 Å². The van der Waals surface area contributed by atoms with Crippen LogP contribution in [0.4, 0.5) is 0 Å². The molecule has 2 aromatic carbocycles. The number of hydrogen-bond donors (Lipinski definition) is 2. The summed E-state index contributed by atoms with van der Waals surface area (Å²) in [5.41, 5.74) is 2.99. The largest absolute Gasteiger partial charge is 0.504 e. The fraction of sp³-hybridized carbons (Fsp3) is 0.125. The summed E-state index contributed by atoms with van der Waals surface area (Å²) in [6.07, 6.45) is 0. The van der Waals surface area contributed by atoms with Crippen LogP contribution in [0.1, 0.15) is 22.3 Å². The first-order valence-electron chi connectivity index (χ1n) is 5.96. The van der Waals surface area contributed by atoms with Crippen LogP contribution in [-0.4, -0.2) is 10.2 Å². The van der Waals surface area contributed by atoms with E-state index in [2.05, 4.69) is 0 Å². The van der Waals surface area contributed by atoms with Gasteiger partial charge in [0.25, 0.3) is 0 Å². The van der Waals surface area contributed by atoms with E-state index in [1.54, 1.807) is 0 Å². The number of nitrogens with zero attached hydrogens (tertiary/aromatic N) is 2. The fourth-order valence-corrected chi connectivity index (χ4v) is 2.14. The van der Waals surface area contributed by atoms with E-state index in [1.807, 2.05) is 44.2 Å². The minimum absolute atomic E-state index is 0.0877. The summed E-state index contributed by atoms with van der Waals surface area (Å²) in [4.78, 5) is 0. The van der Waals surface area contributed by atoms with Gasteiger partial charge in [0, 0.05) is 11.6 Å². The molecular weight excluding hydrogens is 252 g/mol. The summed E-state index contributed by atoms with van der Waals surface area (Å²) < 4.78 is 0. The van der Waals surface area contributed by atoms with Gasteiger partial charge in [0.05, 0.1) is 11.6 Å². The van der Waals surface area contributed by atoms with E-state index >= 15 is 0 Å². The SMILES string of the molecule is Cc1ccc(C)c(-c2c(C#N)cc(O)c(O)c2C#N)c1. The highest BCUT2D eigenvalue weighted by Gasteiger charge is 2.20. The highest BCUT2D eigenvalue weighted by Crippen LogP contribution is 2.40. The Hall–Kier alpha value is -2.98. The molecule has 0 radical (unpaired) electrons. The van der Waals surface area contributed by atoms with Gasteiger partial charge in [-0.1, -0.05) is 23.8 Å². The van der Waals surface area contributed by atoms with Gasteiger partial charge in [0.2, 0.25) is 0 Å². The van der Waals surface area contributed by atoms with Crippen LogP contribution in [0, 0.1) is 36.5 Å². The van der Waals surface area contributed by atoms with Crippen molar-refractivity contribution in [3.8, 4) is 34.8 Å². The molecule has 0 amide bonds. The van der Waals surface area contributed by atoms with Crippen LogP contribution in [0.25, 0.3) is 11.1 Å². The molecule has 0 aromatic heterocycles. The maximum absolute atomic E-state index is 9.84. The number of hydrogen-bond acceptors (Lipinski definition) is 4. The number of aryl methyl sites for hydroxylation is 2. The lowest BCUT2D eigenvalue weighted by atomic mass is 9.90. The highest BCUT2D eigenvalue weighted by atomic mass is 16.3. The van der Waals surface area contributed by atoms with Gasteiger partial charge in [0.1, 0.15) is 11.6 Å². The number of aromatic hydroxyl groups is 2. The predicted octanol–water partition coefficient (Wildman–Crippen LogP) is 3.13. The zero-order chi connectivity index (χ0) is 14.9. The Morgan fingerprint density at radius 2 is 1.70 bits per heavy atom. The summed E-state index contributed by atoms with van der Waals surface area (Å²) >= 11 is 0. The minimum atomic E-state index is -0.498. The molecule has 98 valence electrons. The molecule has 0 bridgehead atoms. The number of rotatable bonds is 1. The van der Waals surface area contributed by atoms with Crippen LogP contribution in [0.2, 0.25) is 0 Å². The van der Waals surface area contributed by atoms with Gasteiger partial charge < -0.3 is 10.2 Å². The Morgan fingerprint density at radius 3 is 2.30 bits per heavy atom. The summed E-state index contributed by atoms with van der Waals surface area (Å²) in [6, 6.07) is 10.7. The van der Waals surface area contributed by atoms with Crippen molar-refractivity contribution >= 4 is 0 Å². The van der Waals surface area contributed by atoms with E-state index < -0.39 is 11.5 Å². The van der Waals surface area contributed by atoms with Gasteiger partial charge in [-0.05, 0) is 25.0 Å². The lowest BCUT2D eigenvalue weighted by Crippen LogP contribution is -1.94. The second kappa shape index (κ2) is 4.95. The summed E-state index contributed by atoms with van der Waals surface area (Å²) in [6.45, 7) is 3.77. The molecule has 4 heteroatoms. The average Bonchev–Trinajstić information content (AvgIpc) is 2.44. The Kier molecular flexibility index (Phi) is 3.33. The van der Waals surface area contributed by atoms with E-state index in [9.17, 15) is 20.7 Å². The first-order chi connectivity index (χ1) is 9.49. The third-order valence-corrected chi connectivity index (χ3v) is 3.17. The number of phenols is 2. The molecule has 20 heavy (non-hydrogen) atoms. The zero-order valence-electron chi connectivity index (χ0n) is 11.1. The Labute approximate surface area is 116 Å². The first-order valence-corrected chi connectivity index (χ1v) is 5.96. The standard InChI is InChI=1S/C16H12N2O2/c1-9-3-4-10(2)12(5-9)15-11(7-17)6-14(19)16(20)13(15)8-18/h3-6,19-20H,1-2H3. The third kappa shape index (κ3) is 2.04. The second-order valence-corrected chi connectivity index (χ2v) is 4.58. The summed E-state index contributed by atoms with van der Waals surface area (Å²) in [5, 5.41) is 37.9. The van der Waals surface area contributed by atoms with Crippen LogP contribution in [0.5, 0.6) is 11.5 Å². The first kappa shape index (κ1) is 13.5. The van der Waals surface area contributed by atoms with E-state index in [4.69, 9.17) is 0 Å². The average molecular weight is 264 g/mol. The third-order valence-electron chi connectivity index (χ3n) is 3.17. The summed E-state index contributed by atoms with van der Waals surface area (Å²) in [5.74, 6) is -0.963. The molecule has 0 unspecified atom stereocenters. The van der Waals surface area contributed by atoms with Crippen LogP contribution in [0.3, 0.4) is 0 Å². The van der Waals surface area contributed by atoms with Crippen molar-refractivity contribution in [3.63, 3.8) is 0 Å². The second-order valence-electron chi connectivity index (χ2n) is 4.58. The molecule has 0 aliphatic carbocycles. The number of nitriles is 2. The van der Waals surface area contributed by atoms with E-state index in [1.165, 1.54) is 6.07 Å². The zero-order valence-corrected chi connectivity index (χ0v) is 11.1. The predicted molar refractivity (Wildman–Crippen MR) is 74.1 cm³/mol. The van der Waals surface area contributed by atoms with E-state index in [0.717, 1.165) is 11.1 Å². The molecular formula is C16H12N2O2. The molecule has 0 spiro atoms. The topological polar surface area (TPSA) is 88.0 Å². The van der Waals surface area contributed by atoms with Crippen LogP contribution < -0.4 is 0 Å². The van der Waals surface area contributed by atoms with Crippen molar-refractivity contribution in [2.24, 2.45) is 0 Å². The van der Waals surface area contributed by atoms with Crippen molar-refractivity contribution in [1.29, 1.82) is 10.5 Å². The molecule has 2 N–H and O–H groups in total. The van der Waals surface area contributed by atoms with Gasteiger partial charge >= 0.3 is 0 Å². The fourth-order valence-electron chi connectivity index (χ4n) is 2.14. The monoisotopic (exact) mass is 264 g/mol. The van der Waals surface area contributed by atoms with Gasteiger partial charge in [-0.2, -0.15) is 10.5 Å². The molecule has 0 saturated carbocycles. The van der Waals surface area contributed by atoms with Gasteiger partial charge in [0.15, 0.2) is 11.5 Å².